The average molecular weight is 635 g/mol. The van der Waals surface area contributed by atoms with Crippen molar-refractivity contribution < 1.29 is 14.2 Å². The van der Waals surface area contributed by atoms with Gasteiger partial charge in [-0.05, 0) is 87.3 Å². The predicted octanol–water partition coefficient (Wildman–Crippen LogP) is 9.67. The maximum atomic E-state index is 14.3. The molecule has 1 aliphatic heterocycles. The lowest BCUT2D eigenvalue weighted by atomic mass is 9.82. The van der Waals surface area contributed by atoms with Crippen LogP contribution in [-0.2, 0) is 16.0 Å². The SMILES string of the molecule is CC(=O)/C(=C(/C(C)=O)[N+]1=C(c2ccccc2)c2ccccc2CC1)C1c2cc(-c3ccccc3)ccc2-c2ccc(-c3ccccc3)cc21. The standard InChI is InChI=1S/C46H36NO2/c1-30(48)43(45(31(2)49)47-27-26-34-18-12-13-21-38(34)46(47)35-19-10-5-11-20-35)44-41-28-36(32-14-6-3-7-15-32)22-24-39(41)40-25-23-37(29-42(40)44)33-16-8-4-9-17-33/h3-25,28-29,44H,26-27H2,1-2H3/q+1/b45-43+. The number of rotatable bonds is 7. The Bertz CT molecular complexity index is 2230. The molecule has 0 spiro atoms. The molecule has 0 fully saturated rings. The zero-order valence-electron chi connectivity index (χ0n) is 27.7. The van der Waals surface area contributed by atoms with Crippen molar-refractivity contribution in [2.75, 3.05) is 6.54 Å². The summed E-state index contributed by atoms with van der Waals surface area (Å²) in [5, 5.41) is 0. The Morgan fingerprint density at radius 3 is 1.51 bits per heavy atom. The monoisotopic (exact) mass is 634 g/mol. The summed E-state index contributed by atoms with van der Waals surface area (Å²) in [6.45, 7) is 3.82. The van der Waals surface area contributed by atoms with E-state index < -0.39 is 5.92 Å². The highest BCUT2D eigenvalue weighted by molar-refractivity contribution is 6.13. The third-order valence-electron chi connectivity index (χ3n) is 9.95. The van der Waals surface area contributed by atoms with Gasteiger partial charge in [0.25, 0.3) is 5.70 Å². The minimum Gasteiger partial charge on any atom is -0.295 e. The molecule has 1 heterocycles. The fourth-order valence-electron chi connectivity index (χ4n) is 7.81. The Hall–Kier alpha value is -5.93. The van der Waals surface area contributed by atoms with Crippen molar-refractivity contribution in [1.82, 2.24) is 0 Å². The molecule has 8 rings (SSSR count). The Labute approximate surface area is 287 Å². The molecule has 0 bridgehead atoms. The molecule has 0 atom stereocenters. The van der Waals surface area contributed by atoms with E-state index in [1.54, 1.807) is 13.8 Å². The van der Waals surface area contributed by atoms with Crippen molar-refractivity contribution in [3.8, 4) is 33.4 Å². The van der Waals surface area contributed by atoms with E-state index in [0.29, 0.717) is 17.8 Å². The lowest BCUT2D eigenvalue weighted by Crippen LogP contribution is -2.34. The number of benzene rings is 6. The second kappa shape index (κ2) is 12.6. The molecular formula is C46H36NO2+. The first-order valence-electron chi connectivity index (χ1n) is 16.9. The molecule has 49 heavy (non-hydrogen) atoms. The van der Waals surface area contributed by atoms with Crippen LogP contribution < -0.4 is 0 Å². The number of Topliss-reactive ketones (excluding diaryl/α,β-unsaturated/α-hetero) is 2. The molecule has 6 aromatic carbocycles. The maximum Gasteiger partial charge on any atom is 0.256 e. The molecule has 3 heteroatoms. The van der Waals surface area contributed by atoms with Gasteiger partial charge in [0.05, 0.1) is 11.1 Å². The van der Waals surface area contributed by atoms with E-state index in [4.69, 9.17) is 0 Å². The molecule has 0 unspecified atom stereocenters. The van der Waals surface area contributed by atoms with Crippen LogP contribution in [0.1, 0.15) is 47.6 Å². The fourth-order valence-corrected chi connectivity index (χ4v) is 7.81. The van der Waals surface area contributed by atoms with Gasteiger partial charge in [-0.15, -0.1) is 0 Å². The first-order chi connectivity index (χ1) is 24.0. The number of nitrogens with zero attached hydrogens (tertiary/aromatic N) is 1. The quantitative estimate of drug-likeness (QED) is 0.130. The van der Waals surface area contributed by atoms with E-state index in [1.165, 1.54) is 5.56 Å². The summed E-state index contributed by atoms with van der Waals surface area (Å²) in [7, 11) is 0. The Morgan fingerprint density at radius 2 is 1.00 bits per heavy atom. The number of ketones is 2. The molecule has 0 saturated heterocycles. The Morgan fingerprint density at radius 1 is 0.510 bits per heavy atom. The molecule has 0 radical (unpaired) electrons. The van der Waals surface area contributed by atoms with Crippen LogP contribution in [0.2, 0.25) is 0 Å². The van der Waals surface area contributed by atoms with E-state index in [0.717, 1.165) is 67.8 Å². The van der Waals surface area contributed by atoms with Gasteiger partial charge in [0.2, 0.25) is 11.5 Å². The molecule has 3 nitrogen and oxygen atoms in total. The van der Waals surface area contributed by atoms with Crippen LogP contribution in [0.25, 0.3) is 33.4 Å². The Kier molecular flexibility index (Phi) is 7.81. The van der Waals surface area contributed by atoms with Gasteiger partial charge in [0.15, 0.2) is 12.3 Å². The van der Waals surface area contributed by atoms with Crippen LogP contribution in [0, 0.1) is 0 Å². The van der Waals surface area contributed by atoms with Gasteiger partial charge in [0.1, 0.15) is 0 Å². The number of carbonyl (C=O) groups is 2. The molecule has 2 aliphatic rings. The average Bonchev–Trinajstić information content (AvgIpc) is 3.46. The lowest BCUT2D eigenvalue weighted by Gasteiger charge is -2.23. The molecule has 0 saturated carbocycles. The summed E-state index contributed by atoms with van der Waals surface area (Å²) in [6, 6.07) is 52.5. The van der Waals surface area contributed by atoms with Crippen LogP contribution in [0.5, 0.6) is 0 Å². The topological polar surface area (TPSA) is 37.1 Å². The maximum absolute atomic E-state index is 14.3. The molecule has 6 aromatic rings. The molecule has 236 valence electrons. The summed E-state index contributed by atoms with van der Waals surface area (Å²) in [5.74, 6) is -0.648. The van der Waals surface area contributed by atoms with E-state index in [2.05, 4.69) is 95.6 Å². The van der Waals surface area contributed by atoms with E-state index in [9.17, 15) is 9.59 Å². The summed E-state index contributed by atoms with van der Waals surface area (Å²) < 4.78 is 2.14. The highest BCUT2D eigenvalue weighted by atomic mass is 16.1. The number of fused-ring (bicyclic) bond motifs is 4. The molecule has 0 amide bonds. The van der Waals surface area contributed by atoms with Gasteiger partial charge >= 0.3 is 0 Å². The van der Waals surface area contributed by atoms with Crippen LogP contribution in [0.15, 0.2) is 163 Å². The van der Waals surface area contributed by atoms with Crippen molar-refractivity contribution in [3.05, 3.63) is 191 Å². The number of hydrogen-bond acceptors (Lipinski definition) is 2. The third-order valence-corrected chi connectivity index (χ3v) is 9.95. The normalized spacial score (nSPS) is 14.1. The van der Waals surface area contributed by atoms with Gasteiger partial charge < -0.3 is 0 Å². The second-order valence-electron chi connectivity index (χ2n) is 12.9. The zero-order valence-corrected chi connectivity index (χ0v) is 27.7. The molecule has 0 aromatic heterocycles. The second-order valence-corrected chi connectivity index (χ2v) is 12.9. The predicted molar refractivity (Wildman–Crippen MR) is 198 cm³/mol. The summed E-state index contributed by atoms with van der Waals surface area (Å²) >= 11 is 0. The van der Waals surface area contributed by atoms with Gasteiger partial charge in [-0.3, -0.25) is 9.59 Å². The van der Waals surface area contributed by atoms with Gasteiger partial charge in [-0.1, -0.05) is 121 Å². The lowest BCUT2D eigenvalue weighted by molar-refractivity contribution is -0.472. The van der Waals surface area contributed by atoms with E-state index in [-0.39, 0.29) is 11.6 Å². The van der Waals surface area contributed by atoms with Crippen LogP contribution >= 0.6 is 0 Å². The third kappa shape index (κ3) is 5.38. The number of allylic oxidation sites excluding steroid dienone is 2. The smallest absolute Gasteiger partial charge is 0.256 e. The minimum atomic E-state index is -0.428. The highest BCUT2D eigenvalue weighted by Gasteiger charge is 2.42. The molecular weight excluding hydrogens is 599 g/mol. The number of carbonyl (C=O) groups excluding carboxylic acids is 2. The fraction of sp³-hybridized carbons (Fsp3) is 0.109. The summed E-state index contributed by atoms with van der Waals surface area (Å²) in [4.78, 5) is 28.5. The van der Waals surface area contributed by atoms with E-state index in [1.807, 2.05) is 60.7 Å². The largest absolute Gasteiger partial charge is 0.295 e. The Balaban J connectivity index is 1.45. The van der Waals surface area contributed by atoms with Crippen LogP contribution in [0.4, 0.5) is 0 Å². The van der Waals surface area contributed by atoms with Gasteiger partial charge in [0, 0.05) is 24.8 Å². The van der Waals surface area contributed by atoms with Crippen LogP contribution in [0.3, 0.4) is 0 Å². The van der Waals surface area contributed by atoms with Crippen molar-refractivity contribution in [2.24, 2.45) is 0 Å². The highest BCUT2D eigenvalue weighted by Crippen LogP contribution is 2.51. The van der Waals surface area contributed by atoms with Crippen molar-refractivity contribution in [3.63, 3.8) is 0 Å². The minimum absolute atomic E-state index is 0.101. The van der Waals surface area contributed by atoms with Crippen molar-refractivity contribution in [2.45, 2.75) is 26.2 Å². The summed E-state index contributed by atoms with van der Waals surface area (Å²) in [5.41, 5.74) is 14.0. The molecule has 1 aliphatic carbocycles. The van der Waals surface area contributed by atoms with Gasteiger partial charge in [-0.2, -0.15) is 4.58 Å². The van der Waals surface area contributed by atoms with E-state index >= 15 is 0 Å². The molecule has 0 N–H and O–H groups in total. The zero-order chi connectivity index (χ0) is 33.5. The van der Waals surface area contributed by atoms with Crippen molar-refractivity contribution >= 4 is 17.3 Å². The first-order valence-corrected chi connectivity index (χ1v) is 16.9. The van der Waals surface area contributed by atoms with Gasteiger partial charge in [-0.25, -0.2) is 0 Å². The van der Waals surface area contributed by atoms with Crippen molar-refractivity contribution in [1.29, 1.82) is 0 Å². The number of hydrogen-bond donors (Lipinski definition) is 0. The first kappa shape index (κ1) is 30.4. The van der Waals surface area contributed by atoms with Crippen LogP contribution in [-0.4, -0.2) is 28.4 Å². The summed E-state index contributed by atoms with van der Waals surface area (Å²) in [6.07, 6.45) is 0.766.